The van der Waals surface area contributed by atoms with Crippen molar-refractivity contribution in [3.8, 4) is 11.6 Å². The fourth-order valence-electron chi connectivity index (χ4n) is 3.14. The molecule has 7 nitrogen and oxygen atoms in total. The van der Waals surface area contributed by atoms with Crippen LogP contribution in [-0.4, -0.2) is 56.9 Å². The van der Waals surface area contributed by atoms with Gasteiger partial charge in [-0.15, -0.1) is 5.10 Å². The number of piperidine rings is 1. The Bertz CT molecular complexity index is 598. The van der Waals surface area contributed by atoms with Gasteiger partial charge in [-0.3, -0.25) is 0 Å². The van der Waals surface area contributed by atoms with Gasteiger partial charge in [-0.1, -0.05) is 5.10 Å². The molecule has 2 aromatic heterocycles. The molecule has 0 saturated carbocycles. The molecule has 7 heteroatoms. The minimum Gasteiger partial charge on any atom is -0.402 e. The number of hydrogen-bond acceptors (Lipinski definition) is 6. The molecule has 5 rings (SSSR count). The van der Waals surface area contributed by atoms with Gasteiger partial charge >= 0.3 is 6.01 Å². The monoisotopic (exact) mass is 274 g/mol. The highest BCUT2D eigenvalue weighted by Crippen LogP contribution is 2.28. The maximum Gasteiger partial charge on any atom is 0.318 e. The number of fused-ring (bicyclic) bond motifs is 4. The summed E-state index contributed by atoms with van der Waals surface area (Å²) in [6.45, 7) is 4.42. The van der Waals surface area contributed by atoms with Crippen molar-refractivity contribution < 1.29 is 4.42 Å². The third-order valence-corrected chi connectivity index (χ3v) is 4.35. The van der Waals surface area contributed by atoms with Gasteiger partial charge in [0.25, 0.3) is 5.89 Å². The first-order valence-corrected chi connectivity index (χ1v) is 7.10. The lowest BCUT2D eigenvalue weighted by atomic mass is 10.1. The summed E-state index contributed by atoms with van der Waals surface area (Å²) in [5.41, 5.74) is 0.853. The average Bonchev–Trinajstić information content (AvgIpc) is 3.00. The van der Waals surface area contributed by atoms with Crippen LogP contribution in [0.4, 0.5) is 6.01 Å². The molecular weight excluding hydrogens is 256 g/mol. The Morgan fingerprint density at radius 2 is 2.00 bits per heavy atom. The molecule has 5 heterocycles. The molecule has 106 valence electrons. The normalized spacial score (nSPS) is 25.9. The van der Waals surface area contributed by atoms with E-state index in [1.807, 2.05) is 11.6 Å². The summed E-state index contributed by atoms with van der Waals surface area (Å²) in [6, 6.07) is 1.18. The zero-order chi connectivity index (χ0) is 13.5. The van der Waals surface area contributed by atoms with Crippen LogP contribution in [-0.2, 0) is 7.05 Å². The summed E-state index contributed by atoms with van der Waals surface area (Å²) in [7, 11) is 1.92. The van der Waals surface area contributed by atoms with E-state index in [-0.39, 0.29) is 0 Å². The van der Waals surface area contributed by atoms with Crippen LogP contribution >= 0.6 is 0 Å². The summed E-state index contributed by atoms with van der Waals surface area (Å²) < 4.78 is 7.76. The summed E-state index contributed by atoms with van der Waals surface area (Å²) >= 11 is 0. The molecule has 0 amide bonds. The van der Waals surface area contributed by atoms with E-state index in [4.69, 9.17) is 4.42 Å². The average molecular weight is 274 g/mol. The van der Waals surface area contributed by atoms with E-state index in [1.54, 1.807) is 12.5 Å². The van der Waals surface area contributed by atoms with Gasteiger partial charge in [-0.2, -0.15) is 0 Å². The Morgan fingerprint density at radius 3 is 2.75 bits per heavy atom. The molecule has 2 bridgehead atoms. The van der Waals surface area contributed by atoms with E-state index >= 15 is 0 Å². The van der Waals surface area contributed by atoms with Crippen molar-refractivity contribution in [1.82, 2.24) is 24.6 Å². The van der Waals surface area contributed by atoms with Gasteiger partial charge in [0.15, 0.2) is 0 Å². The first-order chi connectivity index (χ1) is 9.81. The minimum atomic E-state index is 0.536. The molecule has 0 unspecified atom stereocenters. The molecule has 3 aliphatic rings. The molecule has 0 N–H and O–H groups in total. The third kappa shape index (κ3) is 1.89. The molecule has 0 atom stereocenters. The maximum atomic E-state index is 5.88. The fourth-order valence-corrected chi connectivity index (χ4v) is 3.14. The summed E-state index contributed by atoms with van der Waals surface area (Å²) in [5.74, 6) is 0.541. The number of aromatic nitrogens is 4. The SMILES string of the molecule is Cn1cncc1-c1nnc(N2CCN3CCC2CC3)o1. The van der Waals surface area contributed by atoms with Crippen LogP contribution < -0.4 is 4.90 Å². The number of imidazole rings is 1. The quantitative estimate of drug-likeness (QED) is 0.805. The lowest BCUT2D eigenvalue weighted by Crippen LogP contribution is -2.38. The molecule has 0 aromatic carbocycles. The molecule has 0 radical (unpaired) electrons. The molecule has 3 saturated heterocycles. The van der Waals surface area contributed by atoms with E-state index < -0.39 is 0 Å². The number of rotatable bonds is 2. The first-order valence-electron chi connectivity index (χ1n) is 7.10. The van der Waals surface area contributed by atoms with Crippen molar-refractivity contribution >= 4 is 6.01 Å². The topological polar surface area (TPSA) is 63.2 Å². The minimum absolute atomic E-state index is 0.536. The predicted octanol–water partition coefficient (Wildman–Crippen LogP) is 0.754. The van der Waals surface area contributed by atoms with Crippen LogP contribution in [0.1, 0.15) is 12.8 Å². The zero-order valence-electron chi connectivity index (χ0n) is 11.6. The van der Waals surface area contributed by atoms with Crippen LogP contribution in [0.25, 0.3) is 11.6 Å². The maximum absolute atomic E-state index is 5.88. The van der Waals surface area contributed by atoms with E-state index in [0.29, 0.717) is 17.9 Å². The van der Waals surface area contributed by atoms with Crippen molar-refractivity contribution in [2.45, 2.75) is 18.9 Å². The van der Waals surface area contributed by atoms with Crippen LogP contribution in [0.15, 0.2) is 16.9 Å². The van der Waals surface area contributed by atoms with Gasteiger partial charge in [0, 0.05) is 39.3 Å². The number of aryl methyl sites for hydroxylation is 1. The molecular formula is C13H18N6O. The van der Waals surface area contributed by atoms with Crippen molar-refractivity contribution in [1.29, 1.82) is 0 Å². The third-order valence-electron chi connectivity index (χ3n) is 4.35. The lowest BCUT2D eigenvalue weighted by Gasteiger charge is -2.29. The van der Waals surface area contributed by atoms with Crippen LogP contribution in [0.3, 0.4) is 0 Å². The first kappa shape index (κ1) is 11.9. The predicted molar refractivity (Wildman–Crippen MR) is 73.3 cm³/mol. The highest BCUT2D eigenvalue weighted by molar-refractivity contribution is 5.47. The highest BCUT2D eigenvalue weighted by Gasteiger charge is 2.32. The Morgan fingerprint density at radius 1 is 1.15 bits per heavy atom. The van der Waals surface area contributed by atoms with Gasteiger partial charge in [0.05, 0.1) is 12.5 Å². The van der Waals surface area contributed by atoms with Gasteiger partial charge < -0.3 is 18.8 Å². The van der Waals surface area contributed by atoms with Gasteiger partial charge in [0.1, 0.15) is 5.69 Å². The second-order valence-electron chi connectivity index (χ2n) is 5.55. The second kappa shape index (κ2) is 4.59. The van der Waals surface area contributed by atoms with E-state index in [1.165, 1.54) is 25.9 Å². The van der Waals surface area contributed by atoms with Gasteiger partial charge in [0.2, 0.25) is 0 Å². The van der Waals surface area contributed by atoms with Crippen molar-refractivity contribution in [3.05, 3.63) is 12.5 Å². The lowest BCUT2D eigenvalue weighted by molar-refractivity contribution is 0.249. The standard InChI is InChI=1S/C13H18N6O/c1-17-9-14-8-11(17)12-15-16-13(20-12)19-7-6-18-4-2-10(19)3-5-18/h8-10H,2-7H2,1H3. The number of hydrogen-bond donors (Lipinski definition) is 0. The van der Waals surface area contributed by atoms with E-state index in [0.717, 1.165) is 18.8 Å². The zero-order valence-corrected chi connectivity index (χ0v) is 11.6. The Labute approximate surface area is 117 Å². The summed E-state index contributed by atoms with van der Waals surface area (Å²) in [4.78, 5) is 8.87. The molecule has 0 aliphatic carbocycles. The highest BCUT2D eigenvalue weighted by atomic mass is 16.4. The van der Waals surface area contributed by atoms with Crippen molar-refractivity contribution in [3.63, 3.8) is 0 Å². The Balaban J connectivity index is 1.63. The summed E-state index contributed by atoms with van der Waals surface area (Å²) in [5, 5.41) is 8.42. The largest absolute Gasteiger partial charge is 0.402 e. The van der Waals surface area contributed by atoms with E-state index in [2.05, 4.69) is 25.0 Å². The molecule has 2 aromatic rings. The van der Waals surface area contributed by atoms with Crippen molar-refractivity contribution in [2.75, 3.05) is 31.1 Å². The molecule has 0 spiro atoms. The van der Waals surface area contributed by atoms with Crippen LogP contribution in [0.2, 0.25) is 0 Å². The fraction of sp³-hybridized carbons (Fsp3) is 0.615. The number of nitrogens with zero attached hydrogens (tertiary/aromatic N) is 6. The van der Waals surface area contributed by atoms with Crippen LogP contribution in [0, 0.1) is 0 Å². The summed E-state index contributed by atoms with van der Waals surface area (Å²) in [6.07, 6.45) is 5.85. The Hall–Kier alpha value is -1.89. The molecule has 20 heavy (non-hydrogen) atoms. The number of anilines is 1. The van der Waals surface area contributed by atoms with E-state index in [9.17, 15) is 0 Å². The Kier molecular flexibility index (Phi) is 2.73. The van der Waals surface area contributed by atoms with Crippen LogP contribution in [0.5, 0.6) is 0 Å². The van der Waals surface area contributed by atoms with Gasteiger partial charge in [-0.25, -0.2) is 4.98 Å². The second-order valence-corrected chi connectivity index (χ2v) is 5.55. The molecule has 3 aliphatic heterocycles. The molecule has 3 fully saturated rings. The smallest absolute Gasteiger partial charge is 0.318 e. The van der Waals surface area contributed by atoms with Gasteiger partial charge in [-0.05, 0) is 12.8 Å². The van der Waals surface area contributed by atoms with Crippen molar-refractivity contribution in [2.24, 2.45) is 7.05 Å².